The first-order valence-corrected chi connectivity index (χ1v) is 9.85. The maximum absolute atomic E-state index is 13.1. The van der Waals surface area contributed by atoms with Gasteiger partial charge < -0.3 is 14.8 Å². The molecule has 160 valence electrons. The van der Waals surface area contributed by atoms with E-state index in [0.29, 0.717) is 11.6 Å². The number of carbonyl (C=O) groups excluding carboxylic acids is 2. The summed E-state index contributed by atoms with van der Waals surface area (Å²) in [4.78, 5) is 26.5. The van der Waals surface area contributed by atoms with Gasteiger partial charge in [0.15, 0.2) is 5.82 Å². The summed E-state index contributed by atoms with van der Waals surface area (Å²) >= 11 is 0. The summed E-state index contributed by atoms with van der Waals surface area (Å²) in [6.45, 7) is 1.96. The zero-order chi connectivity index (χ0) is 21.5. The average molecular weight is 421 g/mol. The van der Waals surface area contributed by atoms with E-state index in [-0.39, 0.29) is 50.7 Å². The topological polar surface area (TPSA) is 80.1 Å². The molecule has 30 heavy (non-hydrogen) atoms. The number of hydrogen-bond acceptors (Lipinski definition) is 4. The molecule has 2 atom stereocenters. The Morgan fingerprint density at radius 3 is 2.63 bits per heavy atom. The lowest BCUT2D eigenvalue weighted by atomic mass is 9.99. The average Bonchev–Trinajstić information content (AvgIpc) is 3.29. The molecule has 1 fully saturated rings. The van der Waals surface area contributed by atoms with Crippen LogP contribution in [0.2, 0.25) is 0 Å². The molecular formula is C20H22F3N5O2. The van der Waals surface area contributed by atoms with Gasteiger partial charge in [0.05, 0.1) is 18.4 Å². The number of benzene rings is 1. The van der Waals surface area contributed by atoms with Gasteiger partial charge in [0.1, 0.15) is 5.82 Å². The third-order valence-corrected chi connectivity index (χ3v) is 5.75. The Morgan fingerprint density at radius 1 is 1.20 bits per heavy atom. The smallest absolute Gasteiger partial charge is 0.348 e. The third-order valence-electron chi connectivity index (χ3n) is 5.75. The van der Waals surface area contributed by atoms with E-state index in [0.717, 1.165) is 11.3 Å². The number of fused-ring (bicyclic) bond motifs is 1. The Morgan fingerprint density at radius 2 is 1.93 bits per heavy atom. The number of nitrogens with zero attached hydrogens (tertiary/aromatic N) is 4. The minimum absolute atomic E-state index is 0.00692. The van der Waals surface area contributed by atoms with Crippen molar-refractivity contribution in [2.45, 2.75) is 45.5 Å². The maximum Gasteiger partial charge on any atom is 0.393 e. The van der Waals surface area contributed by atoms with Crippen LogP contribution in [0.15, 0.2) is 24.3 Å². The molecule has 4 rings (SSSR count). The fourth-order valence-corrected chi connectivity index (χ4v) is 3.95. The van der Waals surface area contributed by atoms with E-state index >= 15 is 0 Å². The number of hydrogen-bond donors (Lipinski definition) is 1. The highest BCUT2D eigenvalue weighted by Crippen LogP contribution is 2.34. The molecule has 1 aromatic heterocycles. The van der Waals surface area contributed by atoms with E-state index in [9.17, 15) is 22.8 Å². The molecule has 0 spiro atoms. The zero-order valence-electron chi connectivity index (χ0n) is 16.4. The van der Waals surface area contributed by atoms with Gasteiger partial charge in [-0.3, -0.25) is 9.59 Å². The van der Waals surface area contributed by atoms with Crippen molar-refractivity contribution in [3.63, 3.8) is 0 Å². The van der Waals surface area contributed by atoms with Crippen LogP contribution < -0.4 is 10.2 Å². The lowest BCUT2D eigenvalue weighted by Crippen LogP contribution is -2.35. The normalized spacial score (nSPS) is 21.6. The van der Waals surface area contributed by atoms with Crippen molar-refractivity contribution >= 4 is 17.5 Å². The molecule has 2 aromatic rings. The van der Waals surface area contributed by atoms with Crippen molar-refractivity contribution in [3.05, 3.63) is 41.5 Å². The standard InChI is InChI=1S/C20H22F3N5O2/c1-12-2-5-15(6-3-12)27-10-13(8-18(27)29)19(30)24-9-17-26-25-16-7-4-14(11-28(16)17)20(21,22)23/h2-3,5-6,13-14H,4,7-11H2,1H3,(H,24,30). The van der Waals surface area contributed by atoms with Crippen molar-refractivity contribution in [2.24, 2.45) is 11.8 Å². The lowest BCUT2D eigenvalue weighted by Gasteiger charge is -2.26. The van der Waals surface area contributed by atoms with Gasteiger partial charge in [-0.05, 0) is 25.5 Å². The summed E-state index contributed by atoms with van der Waals surface area (Å²) in [6, 6.07) is 7.48. The first-order valence-electron chi connectivity index (χ1n) is 9.85. The van der Waals surface area contributed by atoms with Gasteiger partial charge in [0.25, 0.3) is 0 Å². The van der Waals surface area contributed by atoms with E-state index in [2.05, 4.69) is 15.5 Å². The quantitative estimate of drug-likeness (QED) is 0.822. The number of rotatable bonds is 4. The van der Waals surface area contributed by atoms with E-state index < -0.39 is 18.0 Å². The molecule has 7 nitrogen and oxygen atoms in total. The molecule has 2 unspecified atom stereocenters. The fraction of sp³-hybridized carbons (Fsp3) is 0.500. The molecule has 2 aliphatic rings. The third kappa shape index (κ3) is 4.03. The van der Waals surface area contributed by atoms with Crippen LogP contribution >= 0.6 is 0 Å². The Balaban J connectivity index is 1.38. The number of carbonyl (C=O) groups is 2. The number of aryl methyl sites for hydroxylation is 2. The zero-order valence-corrected chi connectivity index (χ0v) is 16.4. The summed E-state index contributed by atoms with van der Waals surface area (Å²) < 4.78 is 40.6. The molecule has 1 N–H and O–H groups in total. The Bertz CT molecular complexity index is 954. The number of amides is 2. The summed E-state index contributed by atoms with van der Waals surface area (Å²) in [7, 11) is 0. The van der Waals surface area contributed by atoms with Crippen LogP contribution in [-0.2, 0) is 29.1 Å². The van der Waals surface area contributed by atoms with Gasteiger partial charge in [-0.25, -0.2) is 0 Å². The van der Waals surface area contributed by atoms with Crippen LogP contribution in [-0.4, -0.2) is 39.3 Å². The summed E-state index contributed by atoms with van der Waals surface area (Å²) in [5.74, 6) is -1.62. The van der Waals surface area contributed by atoms with E-state index in [1.165, 1.54) is 4.57 Å². The van der Waals surface area contributed by atoms with Crippen LogP contribution in [0.5, 0.6) is 0 Å². The molecular weight excluding hydrogens is 399 g/mol. The van der Waals surface area contributed by atoms with Gasteiger partial charge >= 0.3 is 6.18 Å². The Kier molecular flexibility index (Phi) is 5.25. The van der Waals surface area contributed by atoms with Crippen molar-refractivity contribution in [1.82, 2.24) is 20.1 Å². The minimum atomic E-state index is -4.27. The van der Waals surface area contributed by atoms with Crippen molar-refractivity contribution < 1.29 is 22.8 Å². The highest BCUT2D eigenvalue weighted by Gasteiger charge is 2.42. The van der Waals surface area contributed by atoms with Crippen LogP contribution in [0.25, 0.3) is 0 Å². The molecule has 0 bridgehead atoms. The van der Waals surface area contributed by atoms with E-state index in [4.69, 9.17) is 0 Å². The van der Waals surface area contributed by atoms with Gasteiger partial charge in [-0.15, -0.1) is 10.2 Å². The maximum atomic E-state index is 13.1. The second-order valence-corrected chi connectivity index (χ2v) is 7.88. The van der Waals surface area contributed by atoms with Crippen LogP contribution in [0, 0.1) is 18.8 Å². The van der Waals surface area contributed by atoms with Gasteiger partial charge in [0.2, 0.25) is 11.8 Å². The molecule has 2 aliphatic heterocycles. The number of alkyl halides is 3. The summed E-state index contributed by atoms with van der Waals surface area (Å²) in [5, 5.41) is 10.6. The summed E-state index contributed by atoms with van der Waals surface area (Å²) in [6.07, 6.45) is -3.99. The number of nitrogens with one attached hydrogen (secondary N) is 1. The Labute approximate surface area is 171 Å². The van der Waals surface area contributed by atoms with Gasteiger partial charge in [-0.2, -0.15) is 13.2 Å². The lowest BCUT2D eigenvalue weighted by molar-refractivity contribution is -0.182. The van der Waals surface area contributed by atoms with Crippen molar-refractivity contribution in [3.8, 4) is 0 Å². The molecule has 0 radical (unpaired) electrons. The predicted octanol–water partition coefficient (Wildman–Crippen LogP) is 2.38. The van der Waals surface area contributed by atoms with Crippen LogP contribution in [0.4, 0.5) is 18.9 Å². The number of aromatic nitrogens is 3. The minimum Gasteiger partial charge on any atom is -0.348 e. The Hall–Kier alpha value is -2.91. The largest absolute Gasteiger partial charge is 0.393 e. The highest BCUT2D eigenvalue weighted by molar-refractivity contribution is 6.00. The van der Waals surface area contributed by atoms with Gasteiger partial charge in [-0.1, -0.05) is 17.7 Å². The molecule has 0 aliphatic carbocycles. The highest BCUT2D eigenvalue weighted by atomic mass is 19.4. The number of halogens is 3. The van der Waals surface area contributed by atoms with Crippen molar-refractivity contribution in [2.75, 3.05) is 11.4 Å². The van der Waals surface area contributed by atoms with E-state index in [1.807, 2.05) is 31.2 Å². The fourth-order valence-electron chi connectivity index (χ4n) is 3.95. The van der Waals surface area contributed by atoms with Gasteiger partial charge in [0, 0.05) is 31.6 Å². The van der Waals surface area contributed by atoms with Crippen molar-refractivity contribution in [1.29, 1.82) is 0 Å². The molecule has 2 amide bonds. The van der Waals surface area contributed by atoms with E-state index in [1.54, 1.807) is 4.90 Å². The first-order chi connectivity index (χ1) is 14.2. The molecule has 10 heteroatoms. The molecule has 1 aromatic carbocycles. The second-order valence-electron chi connectivity index (χ2n) is 7.88. The first kappa shape index (κ1) is 20.4. The molecule has 1 saturated heterocycles. The number of anilines is 1. The van der Waals surface area contributed by atoms with Crippen LogP contribution in [0.1, 0.15) is 30.1 Å². The molecule has 3 heterocycles. The second kappa shape index (κ2) is 7.73. The predicted molar refractivity (Wildman–Crippen MR) is 101 cm³/mol. The summed E-state index contributed by atoms with van der Waals surface area (Å²) in [5.41, 5.74) is 1.81. The molecule has 0 saturated carbocycles. The van der Waals surface area contributed by atoms with Crippen LogP contribution in [0.3, 0.4) is 0 Å². The SMILES string of the molecule is Cc1ccc(N2CC(C(=O)NCc3nnc4n3CC(C(F)(F)F)CC4)CC2=O)cc1. The monoisotopic (exact) mass is 421 g/mol.